The second-order valence-corrected chi connectivity index (χ2v) is 8.69. The molecule has 2 aromatic heterocycles. The number of methoxy groups -OCH3 is 1. The molecule has 1 aliphatic rings. The van der Waals surface area contributed by atoms with E-state index in [4.69, 9.17) is 4.74 Å². The van der Waals surface area contributed by atoms with Gasteiger partial charge in [-0.2, -0.15) is 5.10 Å². The zero-order chi connectivity index (χ0) is 23.9. The highest BCUT2D eigenvalue weighted by molar-refractivity contribution is 6.00. The quantitative estimate of drug-likeness (QED) is 0.327. The second-order valence-electron chi connectivity index (χ2n) is 8.69. The molecule has 1 amide bonds. The first-order valence-corrected chi connectivity index (χ1v) is 11.5. The molecule has 7 nitrogen and oxygen atoms in total. The van der Waals surface area contributed by atoms with Crippen molar-refractivity contribution in [3.05, 3.63) is 101 Å². The van der Waals surface area contributed by atoms with Crippen LogP contribution in [0.2, 0.25) is 0 Å². The number of aromatic hydroxyl groups is 1. The number of phenols is 1. The van der Waals surface area contributed by atoms with Gasteiger partial charge < -0.3 is 19.7 Å². The van der Waals surface area contributed by atoms with Crippen molar-refractivity contribution >= 4 is 16.8 Å². The van der Waals surface area contributed by atoms with Gasteiger partial charge in [0.25, 0.3) is 5.91 Å². The highest BCUT2D eigenvalue weighted by atomic mass is 16.5. The molecule has 0 bridgehead atoms. The monoisotopic (exact) mass is 464 g/mol. The molecular formula is C28H24N4O3. The predicted octanol–water partition coefficient (Wildman–Crippen LogP) is 5.06. The van der Waals surface area contributed by atoms with Crippen molar-refractivity contribution in [3.8, 4) is 22.8 Å². The average Bonchev–Trinajstić information content (AvgIpc) is 3.57. The molecule has 1 aliphatic heterocycles. The lowest BCUT2D eigenvalue weighted by Gasteiger charge is -2.26. The third kappa shape index (κ3) is 3.52. The zero-order valence-electron chi connectivity index (χ0n) is 19.2. The maximum absolute atomic E-state index is 13.6. The van der Waals surface area contributed by atoms with Gasteiger partial charge >= 0.3 is 0 Å². The molecule has 0 saturated carbocycles. The van der Waals surface area contributed by atoms with E-state index in [1.165, 1.54) is 0 Å². The van der Waals surface area contributed by atoms with Crippen LogP contribution in [0.5, 0.6) is 11.5 Å². The molecular weight excluding hydrogens is 440 g/mol. The smallest absolute Gasteiger partial charge is 0.273 e. The molecule has 0 aliphatic carbocycles. The van der Waals surface area contributed by atoms with Gasteiger partial charge in [0.15, 0.2) is 0 Å². The summed E-state index contributed by atoms with van der Waals surface area (Å²) in [7, 11) is 1.66. The fourth-order valence-electron chi connectivity index (χ4n) is 4.98. The van der Waals surface area contributed by atoms with Gasteiger partial charge in [0.05, 0.1) is 18.8 Å². The Hall–Kier alpha value is -4.52. The molecule has 3 heterocycles. The van der Waals surface area contributed by atoms with Crippen LogP contribution in [-0.4, -0.2) is 44.7 Å². The van der Waals surface area contributed by atoms with E-state index >= 15 is 0 Å². The summed E-state index contributed by atoms with van der Waals surface area (Å²) in [5.74, 6) is 0.907. The summed E-state index contributed by atoms with van der Waals surface area (Å²) >= 11 is 0. The van der Waals surface area contributed by atoms with Crippen LogP contribution < -0.4 is 4.74 Å². The number of phenolic OH excluding ortho intramolecular Hbond substituents is 1. The third-order valence-electron chi connectivity index (χ3n) is 6.72. The Balaban J connectivity index is 1.39. The number of amides is 1. The molecule has 3 N–H and O–H groups in total. The summed E-state index contributed by atoms with van der Waals surface area (Å²) in [5.41, 5.74) is 6.18. The van der Waals surface area contributed by atoms with Crippen LogP contribution in [0.4, 0.5) is 0 Å². The number of ether oxygens (including phenoxy) is 1. The highest BCUT2D eigenvalue weighted by Crippen LogP contribution is 2.43. The Labute approximate surface area is 202 Å². The summed E-state index contributed by atoms with van der Waals surface area (Å²) in [4.78, 5) is 18.8. The number of hydrogen-bond donors (Lipinski definition) is 3. The maximum Gasteiger partial charge on any atom is 0.273 e. The molecule has 7 heteroatoms. The Morgan fingerprint density at radius 1 is 1.06 bits per heavy atom. The van der Waals surface area contributed by atoms with Gasteiger partial charge in [-0.05, 0) is 47.9 Å². The number of carbonyl (C=O) groups is 1. The molecule has 6 rings (SSSR count). The number of fused-ring (bicyclic) bond motifs is 2. The second kappa shape index (κ2) is 8.36. The number of aromatic nitrogens is 3. The van der Waals surface area contributed by atoms with Crippen LogP contribution in [0.1, 0.15) is 33.2 Å². The molecule has 0 radical (unpaired) electrons. The van der Waals surface area contributed by atoms with Crippen molar-refractivity contribution in [2.45, 2.75) is 12.5 Å². The van der Waals surface area contributed by atoms with E-state index in [1.54, 1.807) is 19.2 Å². The van der Waals surface area contributed by atoms with Crippen LogP contribution in [-0.2, 0) is 6.42 Å². The van der Waals surface area contributed by atoms with Crippen molar-refractivity contribution in [3.63, 3.8) is 0 Å². The lowest BCUT2D eigenvalue weighted by molar-refractivity contribution is 0.0746. The van der Waals surface area contributed by atoms with Crippen molar-refractivity contribution in [1.29, 1.82) is 0 Å². The predicted molar refractivity (Wildman–Crippen MR) is 134 cm³/mol. The van der Waals surface area contributed by atoms with Gasteiger partial charge in [-0.1, -0.05) is 42.5 Å². The van der Waals surface area contributed by atoms with Crippen LogP contribution in [0.25, 0.3) is 22.2 Å². The molecule has 0 spiro atoms. The van der Waals surface area contributed by atoms with E-state index in [2.05, 4.69) is 15.2 Å². The van der Waals surface area contributed by atoms with Crippen LogP contribution in [0, 0.1) is 0 Å². The van der Waals surface area contributed by atoms with Gasteiger partial charge in [0, 0.05) is 34.8 Å². The first kappa shape index (κ1) is 21.0. The number of rotatable bonds is 6. The fourth-order valence-corrected chi connectivity index (χ4v) is 4.98. The number of aromatic amines is 2. The Bertz CT molecular complexity index is 1520. The Kier molecular flexibility index (Phi) is 5.03. The molecule has 174 valence electrons. The van der Waals surface area contributed by atoms with Crippen molar-refractivity contribution < 1.29 is 14.6 Å². The maximum atomic E-state index is 13.6. The SMILES string of the molecule is COc1ccc2[nH]cc(CCN3C(=O)c4[nH]nc(-c5ccccc5)c4[C@H]3c3ccc(O)cc3)c2c1. The van der Waals surface area contributed by atoms with Crippen molar-refractivity contribution in [2.75, 3.05) is 13.7 Å². The zero-order valence-corrected chi connectivity index (χ0v) is 19.2. The largest absolute Gasteiger partial charge is 0.508 e. The first-order chi connectivity index (χ1) is 17.1. The van der Waals surface area contributed by atoms with E-state index < -0.39 is 0 Å². The van der Waals surface area contributed by atoms with E-state index in [9.17, 15) is 9.90 Å². The summed E-state index contributed by atoms with van der Waals surface area (Å²) in [6.45, 7) is 0.519. The average molecular weight is 465 g/mol. The first-order valence-electron chi connectivity index (χ1n) is 11.5. The van der Waals surface area contributed by atoms with Gasteiger partial charge in [0.1, 0.15) is 17.2 Å². The summed E-state index contributed by atoms with van der Waals surface area (Å²) in [6.07, 6.45) is 2.67. The number of nitrogens with one attached hydrogen (secondary N) is 2. The van der Waals surface area contributed by atoms with Crippen molar-refractivity contribution in [2.24, 2.45) is 0 Å². The molecule has 0 fully saturated rings. The van der Waals surface area contributed by atoms with Crippen LogP contribution in [0.15, 0.2) is 79.0 Å². The van der Waals surface area contributed by atoms with Gasteiger partial charge in [-0.25, -0.2) is 0 Å². The van der Waals surface area contributed by atoms with E-state index in [0.717, 1.165) is 44.6 Å². The number of benzene rings is 3. The normalized spacial score (nSPS) is 15.1. The van der Waals surface area contributed by atoms with Crippen LogP contribution in [0.3, 0.4) is 0 Å². The van der Waals surface area contributed by atoms with Gasteiger partial charge in [-0.15, -0.1) is 0 Å². The van der Waals surface area contributed by atoms with Crippen LogP contribution >= 0.6 is 0 Å². The van der Waals surface area contributed by atoms with E-state index in [0.29, 0.717) is 18.7 Å². The lowest BCUT2D eigenvalue weighted by atomic mass is 9.96. The summed E-state index contributed by atoms with van der Waals surface area (Å²) in [5, 5.41) is 18.5. The third-order valence-corrected chi connectivity index (χ3v) is 6.72. The molecule has 3 aromatic carbocycles. The molecule has 0 unspecified atom stereocenters. The standard InChI is InChI=1S/C28H24N4O3/c1-35-21-11-12-23-22(15-21)19(16-29-23)13-14-32-27(18-7-9-20(33)10-8-18)24-25(17-5-3-2-4-6-17)30-31-26(24)28(32)34/h2-12,15-16,27,29,33H,13-14H2,1H3,(H,30,31)/t27-/m1/s1. The number of hydrogen-bond acceptors (Lipinski definition) is 4. The van der Waals surface area contributed by atoms with E-state index in [1.807, 2.05) is 71.8 Å². The minimum atomic E-state index is -0.313. The molecule has 5 aromatic rings. The number of carbonyl (C=O) groups excluding carboxylic acids is 1. The summed E-state index contributed by atoms with van der Waals surface area (Å²) < 4.78 is 5.40. The van der Waals surface area contributed by atoms with Gasteiger partial charge in [-0.3, -0.25) is 9.89 Å². The van der Waals surface area contributed by atoms with E-state index in [-0.39, 0.29) is 17.7 Å². The number of H-pyrrole nitrogens is 2. The fraction of sp³-hybridized carbons (Fsp3) is 0.143. The number of nitrogens with zero attached hydrogens (tertiary/aromatic N) is 2. The molecule has 1 atom stereocenters. The van der Waals surface area contributed by atoms with Gasteiger partial charge in [0.2, 0.25) is 0 Å². The Morgan fingerprint density at radius 2 is 1.86 bits per heavy atom. The lowest BCUT2D eigenvalue weighted by Crippen LogP contribution is -2.31. The molecule has 35 heavy (non-hydrogen) atoms. The molecule has 0 saturated heterocycles. The minimum Gasteiger partial charge on any atom is -0.508 e. The van der Waals surface area contributed by atoms with Crippen molar-refractivity contribution in [1.82, 2.24) is 20.1 Å². The topological polar surface area (TPSA) is 94.2 Å². The Morgan fingerprint density at radius 3 is 2.63 bits per heavy atom. The summed E-state index contributed by atoms with van der Waals surface area (Å²) in [6, 6.07) is 22.6. The minimum absolute atomic E-state index is 0.0785. The highest BCUT2D eigenvalue weighted by Gasteiger charge is 2.42.